The zero-order valence-electron chi connectivity index (χ0n) is 10.1. The highest BCUT2D eigenvalue weighted by atomic mass is 16.5. The van der Waals surface area contributed by atoms with Crippen LogP contribution in [0.2, 0.25) is 0 Å². The molecular formula is C14H13NO4. The Hall–Kier alpha value is -2.27. The molecule has 2 heterocycles. The summed E-state index contributed by atoms with van der Waals surface area (Å²) in [6, 6.07) is 8.16. The van der Waals surface area contributed by atoms with E-state index in [1.165, 1.54) is 12.1 Å². The van der Waals surface area contributed by atoms with Crippen LogP contribution in [0, 0.1) is 0 Å². The summed E-state index contributed by atoms with van der Waals surface area (Å²) in [4.78, 5) is 3.95. The molecule has 0 spiro atoms. The van der Waals surface area contributed by atoms with E-state index in [-0.39, 0.29) is 12.4 Å². The Morgan fingerprint density at radius 2 is 2.21 bits per heavy atom. The summed E-state index contributed by atoms with van der Waals surface area (Å²) in [5.41, 5.74) is 0.609. The number of ether oxygens (including phenoxy) is 2. The number of hydrogen-bond donors (Lipinski definition) is 2. The number of hydrogen-bond acceptors (Lipinski definition) is 5. The van der Waals surface area contributed by atoms with Crippen molar-refractivity contribution in [3.63, 3.8) is 0 Å². The lowest BCUT2D eigenvalue weighted by molar-refractivity contribution is -0.0105. The number of nitrogens with zero attached hydrogens (tertiary/aromatic N) is 1. The molecule has 98 valence electrons. The van der Waals surface area contributed by atoms with Gasteiger partial charge < -0.3 is 19.7 Å². The van der Waals surface area contributed by atoms with Crippen molar-refractivity contribution in [2.45, 2.75) is 12.2 Å². The second-order valence-corrected chi connectivity index (χ2v) is 4.32. The van der Waals surface area contributed by atoms with Crippen LogP contribution in [0.15, 0.2) is 42.7 Å². The van der Waals surface area contributed by atoms with Gasteiger partial charge in [-0.2, -0.15) is 0 Å². The number of phenols is 1. The third-order valence-electron chi connectivity index (χ3n) is 2.99. The van der Waals surface area contributed by atoms with Crippen LogP contribution in [0.25, 0.3) is 0 Å². The SMILES string of the molecule is Oc1ccc2c(c1)OCC(Oc1cccnc1)C2O. The minimum absolute atomic E-state index is 0.109. The Labute approximate surface area is 110 Å². The Bertz CT molecular complexity index is 573. The van der Waals surface area contributed by atoms with E-state index in [1.807, 2.05) is 0 Å². The van der Waals surface area contributed by atoms with Gasteiger partial charge in [-0.1, -0.05) is 0 Å². The smallest absolute Gasteiger partial charge is 0.163 e. The van der Waals surface area contributed by atoms with E-state index in [4.69, 9.17) is 9.47 Å². The topological polar surface area (TPSA) is 71.8 Å². The maximum absolute atomic E-state index is 10.3. The Balaban J connectivity index is 1.82. The number of aromatic hydroxyl groups is 1. The average Bonchev–Trinajstić information content (AvgIpc) is 2.43. The Kier molecular flexibility index (Phi) is 2.97. The van der Waals surface area contributed by atoms with Gasteiger partial charge in [0, 0.05) is 17.8 Å². The first kappa shape index (κ1) is 11.8. The zero-order chi connectivity index (χ0) is 13.2. The van der Waals surface area contributed by atoms with E-state index < -0.39 is 12.2 Å². The van der Waals surface area contributed by atoms with Gasteiger partial charge in [-0.3, -0.25) is 4.98 Å². The van der Waals surface area contributed by atoms with Gasteiger partial charge >= 0.3 is 0 Å². The first-order valence-corrected chi connectivity index (χ1v) is 5.94. The van der Waals surface area contributed by atoms with Gasteiger partial charge in [0.05, 0.1) is 6.20 Å². The molecule has 2 aromatic rings. The van der Waals surface area contributed by atoms with Gasteiger partial charge in [0.1, 0.15) is 30.0 Å². The minimum Gasteiger partial charge on any atom is -0.508 e. The van der Waals surface area contributed by atoms with Crippen molar-refractivity contribution >= 4 is 0 Å². The molecule has 5 heteroatoms. The molecule has 1 aromatic carbocycles. The molecule has 0 bridgehead atoms. The molecule has 2 N–H and O–H groups in total. The van der Waals surface area contributed by atoms with Gasteiger partial charge in [0.15, 0.2) is 6.10 Å². The summed E-state index contributed by atoms with van der Waals surface area (Å²) >= 11 is 0. The zero-order valence-corrected chi connectivity index (χ0v) is 10.1. The van der Waals surface area contributed by atoms with Crippen LogP contribution in [0.4, 0.5) is 0 Å². The molecule has 1 aliphatic heterocycles. The van der Waals surface area contributed by atoms with Crippen molar-refractivity contribution in [3.8, 4) is 17.2 Å². The van der Waals surface area contributed by atoms with Crippen LogP contribution >= 0.6 is 0 Å². The fourth-order valence-corrected chi connectivity index (χ4v) is 2.05. The van der Waals surface area contributed by atoms with E-state index in [1.54, 1.807) is 30.6 Å². The van der Waals surface area contributed by atoms with Crippen LogP contribution in [0.5, 0.6) is 17.2 Å². The summed E-state index contributed by atoms with van der Waals surface area (Å²) in [6.45, 7) is 0.215. The van der Waals surface area contributed by atoms with E-state index in [2.05, 4.69) is 4.98 Å². The Morgan fingerprint density at radius 3 is 3.00 bits per heavy atom. The van der Waals surface area contributed by atoms with Crippen molar-refractivity contribution < 1.29 is 19.7 Å². The highest BCUT2D eigenvalue weighted by Crippen LogP contribution is 2.35. The number of aliphatic hydroxyl groups excluding tert-OH is 1. The summed E-state index contributed by atoms with van der Waals surface area (Å²) in [5.74, 6) is 1.17. The van der Waals surface area contributed by atoms with E-state index in [9.17, 15) is 10.2 Å². The number of phenolic OH excluding ortho intramolecular Hbond substituents is 1. The summed E-state index contributed by atoms with van der Waals surface area (Å²) < 4.78 is 11.1. The van der Waals surface area contributed by atoms with E-state index in [0.29, 0.717) is 17.1 Å². The second-order valence-electron chi connectivity index (χ2n) is 4.32. The number of pyridine rings is 1. The largest absolute Gasteiger partial charge is 0.508 e. The molecule has 0 saturated carbocycles. The lowest BCUT2D eigenvalue weighted by atomic mass is 10.0. The predicted molar refractivity (Wildman–Crippen MR) is 67.2 cm³/mol. The first-order chi connectivity index (χ1) is 9.24. The number of aromatic nitrogens is 1. The summed E-state index contributed by atoms with van der Waals surface area (Å²) in [6.07, 6.45) is 1.93. The van der Waals surface area contributed by atoms with E-state index >= 15 is 0 Å². The molecule has 1 aliphatic rings. The van der Waals surface area contributed by atoms with E-state index in [0.717, 1.165) is 0 Å². The molecule has 0 radical (unpaired) electrons. The first-order valence-electron chi connectivity index (χ1n) is 5.94. The number of aliphatic hydroxyl groups is 1. The van der Waals surface area contributed by atoms with Crippen molar-refractivity contribution in [1.29, 1.82) is 0 Å². The van der Waals surface area contributed by atoms with Crippen LogP contribution < -0.4 is 9.47 Å². The monoisotopic (exact) mass is 259 g/mol. The molecular weight excluding hydrogens is 246 g/mol. The van der Waals surface area contributed by atoms with Gasteiger partial charge in [-0.05, 0) is 24.3 Å². The van der Waals surface area contributed by atoms with Crippen LogP contribution in [-0.4, -0.2) is 27.9 Å². The highest BCUT2D eigenvalue weighted by molar-refractivity contribution is 5.43. The summed E-state index contributed by atoms with van der Waals surface area (Å²) in [5, 5.41) is 19.6. The van der Waals surface area contributed by atoms with Crippen molar-refractivity contribution in [3.05, 3.63) is 48.3 Å². The van der Waals surface area contributed by atoms with Gasteiger partial charge in [0.2, 0.25) is 0 Å². The van der Waals surface area contributed by atoms with Crippen molar-refractivity contribution in [1.82, 2.24) is 4.98 Å². The maximum Gasteiger partial charge on any atom is 0.163 e. The number of fused-ring (bicyclic) bond motifs is 1. The molecule has 1 aromatic heterocycles. The van der Waals surface area contributed by atoms with Gasteiger partial charge in [-0.15, -0.1) is 0 Å². The lowest BCUT2D eigenvalue weighted by Crippen LogP contribution is -2.35. The molecule has 0 aliphatic carbocycles. The third-order valence-corrected chi connectivity index (χ3v) is 2.99. The molecule has 0 saturated heterocycles. The van der Waals surface area contributed by atoms with Crippen LogP contribution in [0.3, 0.4) is 0 Å². The highest BCUT2D eigenvalue weighted by Gasteiger charge is 2.31. The van der Waals surface area contributed by atoms with Crippen molar-refractivity contribution in [2.24, 2.45) is 0 Å². The van der Waals surface area contributed by atoms with Crippen molar-refractivity contribution in [2.75, 3.05) is 6.61 Å². The van der Waals surface area contributed by atoms with Gasteiger partial charge in [0.25, 0.3) is 0 Å². The fraction of sp³-hybridized carbons (Fsp3) is 0.214. The van der Waals surface area contributed by atoms with Gasteiger partial charge in [-0.25, -0.2) is 0 Å². The fourth-order valence-electron chi connectivity index (χ4n) is 2.05. The quantitative estimate of drug-likeness (QED) is 0.858. The molecule has 3 rings (SSSR count). The van der Waals surface area contributed by atoms with Crippen LogP contribution in [-0.2, 0) is 0 Å². The molecule has 2 unspecified atom stereocenters. The molecule has 0 amide bonds. The molecule has 19 heavy (non-hydrogen) atoms. The molecule has 0 fully saturated rings. The summed E-state index contributed by atoms with van der Waals surface area (Å²) in [7, 11) is 0. The normalized spacial score (nSPS) is 21.3. The maximum atomic E-state index is 10.3. The molecule has 5 nitrogen and oxygen atoms in total. The average molecular weight is 259 g/mol. The predicted octanol–water partition coefficient (Wildman–Crippen LogP) is 1.66. The second kappa shape index (κ2) is 4.78. The van der Waals surface area contributed by atoms with Crippen LogP contribution in [0.1, 0.15) is 11.7 Å². The molecule has 2 atom stereocenters. The lowest BCUT2D eigenvalue weighted by Gasteiger charge is -2.30. The number of benzene rings is 1. The Morgan fingerprint density at radius 1 is 1.32 bits per heavy atom. The minimum atomic E-state index is -0.801. The third kappa shape index (κ3) is 2.32. The standard InChI is InChI=1S/C14H13NO4/c16-9-3-4-11-12(6-9)18-8-13(14(11)17)19-10-2-1-5-15-7-10/h1-7,13-14,16-17H,8H2. The number of rotatable bonds is 2.